The van der Waals surface area contributed by atoms with Crippen molar-refractivity contribution in [3.8, 4) is 0 Å². The van der Waals surface area contributed by atoms with Crippen molar-refractivity contribution >= 4 is 29.1 Å². The van der Waals surface area contributed by atoms with E-state index in [1.165, 1.54) is 42.2 Å². The summed E-state index contributed by atoms with van der Waals surface area (Å²) in [6, 6.07) is 1.11. The number of carboxylic acids is 1. The molecule has 4 heterocycles. The van der Waals surface area contributed by atoms with E-state index in [1.807, 2.05) is 0 Å². The first-order chi connectivity index (χ1) is 20.8. The number of hydroxylamine groups is 2. The number of rotatable bonds is 10. The fraction of sp³-hybridized carbons (Fsp3) is 0.517. The van der Waals surface area contributed by atoms with Gasteiger partial charge in [-0.1, -0.05) is 12.1 Å². The maximum absolute atomic E-state index is 15.6. The summed E-state index contributed by atoms with van der Waals surface area (Å²) in [5.74, 6) is -5.50. The Hall–Kier alpha value is -3.37. The Balaban J connectivity index is 1.51. The van der Waals surface area contributed by atoms with Crippen LogP contribution in [-0.4, -0.2) is 99.9 Å². The highest BCUT2D eigenvalue weighted by atomic mass is 32.1. The number of aliphatic carboxylic acids is 1. The van der Waals surface area contributed by atoms with Gasteiger partial charge in [-0.2, -0.15) is 5.06 Å². The largest absolute Gasteiger partial charge is 0.481 e. The first kappa shape index (κ1) is 32.0. The summed E-state index contributed by atoms with van der Waals surface area (Å²) in [5.41, 5.74) is -0.605. The predicted molar refractivity (Wildman–Crippen MR) is 154 cm³/mol. The molecule has 3 N–H and O–H groups in total. The Labute approximate surface area is 255 Å². The molecule has 3 aliphatic rings. The lowest BCUT2D eigenvalue weighted by molar-refractivity contribution is -0.202. The lowest BCUT2D eigenvalue weighted by Gasteiger charge is -2.32. The third-order valence-corrected chi connectivity index (χ3v) is 9.14. The fourth-order valence-corrected chi connectivity index (χ4v) is 6.25. The number of fused-ring (bicyclic) bond motifs is 1. The number of hydrogen-bond donors (Lipinski definition) is 3. The Kier molecular flexibility index (Phi) is 8.88. The van der Waals surface area contributed by atoms with Gasteiger partial charge >= 0.3 is 11.9 Å². The number of benzene rings is 1. The van der Waals surface area contributed by atoms with E-state index in [4.69, 9.17) is 14.6 Å². The van der Waals surface area contributed by atoms with E-state index < -0.39 is 66.4 Å². The van der Waals surface area contributed by atoms with Crippen molar-refractivity contribution in [1.29, 1.82) is 0 Å². The third-order valence-electron chi connectivity index (χ3n) is 8.36. The van der Waals surface area contributed by atoms with Crippen molar-refractivity contribution in [2.45, 2.75) is 57.8 Å². The van der Waals surface area contributed by atoms with E-state index in [1.54, 1.807) is 31.5 Å². The number of likely N-dealkylation sites (tertiary alicyclic amines) is 1. The van der Waals surface area contributed by atoms with Crippen molar-refractivity contribution in [2.75, 3.05) is 32.8 Å². The van der Waals surface area contributed by atoms with Gasteiger partial charge in [0.25, 0.3) is 5.92 Å². The first-order valence-electron chi connectivity index (χ1n) is 14.1. The Morgan fingerprint density at radius 1 is 1.34 bits per heavy atom. The maximum atomic E-state index is 15.6. The van der Waals surface area contributed by atoms with Gasteiger partial charge in [0.2, 0.25) is 0 Å². The average Bonchev–Trinajstić information content (AvgIpc) is 3.69. The first-order valence-corrected chi connectivity index (χ1v) is 15.0. The van der Waals surface area contributed by atoms with Gasteiger partial charge in [0.15, 0.2) is 10.8 Å². The number of alkyl halides is 2. The van der Waals surface area contributed by atoms with Crippen molar-refractivity contribution < 1.29 is 42.5 Å². The number of esters is 1. The number of β-amino-alcohol motifs (C(OH)–C–C–N with tert-alkyl or cyclic N) is 1. The lowest BCUT2D eigenvalue weighted by atomic mass is 9.86. The number of ether oxygens (including phenoxy) is 1. The molecule has 4 atom stereocenters. The number of nitrogens with zero attached hydrogens (tertiary/aromatic N) is 4. The number of aromatic nitrogens is 1. The van der Waals surface area contributed by atoms with Crippen LogP contribution >= 0.6 is 11.3 Å². The summed E-state index contributed by atoms with van der Waals surface area (Å²) in [4.78, 5) is 41.2. The molecule has 0 unspecified atom stereocenters. The zero-order valence-electron chi connectivity index (χ0n) is 24.6. The number of carbonyl (C=O) groups excluding carboxylic acids is 1. The van der Waals surface area contributed by atoms with E-state index in [0.717, 1.165) is 5.06 Å². The van der Waals surface area contributed by atoms with Crippen LogP contribution in [0.3, 0.4) is 0 Å². The van der Waals surface area contributed by atoms with Crippen LogP contribution < -0.4 is 5.32 Å². The SMILES string of the molecule is CCOC(=O)C1=C(CN2CC(F)(F)[C@@H]3[C@H]2CON3C[C@@H](O)C(C)(C)C(=O)O)NC(c2nccs2)=N[C@H]1c1cccc(F)c1C. The highest BCUT2D eigenvalue weighted by Crippen LogP contribution is 2.42. The van der Waals surface area contributed by atoms with Gasteiger partial charge in [-0.3, -0.25) is 19.5 Å². The molecule has 15 heteroatoms. The minimum Gasteiger partial charge on any atom is -0.481 e. The number of hydrogen-bond acceptors (Lipinski definition) is 11. The number of halogens is 3. The molecule has 1 aromatic carbocycles. The minimum atomic E-state index is -3.31. The Morgan fingerprint density at radius 3 is 2.75 bits per heavy atom. The van der Waals surface area contributed by atoms with Gasteiger partial charge in [0.05, 0.1) is 49.4 Å². The summed E-state index contributed by atoms with van der Waals surface area (Å²) in [6.07, 6.45) is 0.0848. The van der Waals surface area contributed by atoms with Gasteiger partial charge in [-0.05, 0) is 44.9 Å². The molecular formula is C29H34F3N5O6S. The molecular weight excluding hydrogens is 603 g/mol. The van der Waals surface area contributed by atoms with Crippen molar-refractivity contribution in [1.82, 2.24) is 20.3 Å². The van der Waals surface area contributed by atoms with Crippen molar-refractivity contribution in [2.24, 2.45) is 10.4 Å². The number of thiazole rings is 1. The molecule has 44 heavy (non-hydrogen) atoms. The average molecular weight is 638 g/mol. The van der Waals surface area contributed by atoms with Gasteiger partial charge in [-0.25, -0.2) is 22.9 Å². The molecule has 0 aliphatic carbocycles. The number of aliphatic imine (C=N–C) groups is 1. The number of aliphatic hydroxyl groups excluding tert-OH is 1. The summed E-state index contributed by atoms with van der Waals surface area (Å²) >= 11 is 1.28. The highest BCUT2D eigenvalue weighted by molar-refractivity contribution is 7.11. The number of carboxylic acid groups (broad SMARTS) is 1. The van der Waals surface area contributed by atoms with E-state index in [2.05, 4.69) is 10.3 Å². The molecule has 0 radical (unpaired) electrons. The number of nitrogens with one attached hydrogen (secondary N) is 1. The molecule has 2 saturated heterocycles. The molecule has 0 bridgehead atoms. The van der Waals surface area contributed by atoms with Crippen LogP contribution in [-0.2, 0) is 19.2 Å². The van der Waals surface area contributed by atoms with E-state index in [-0.39, 0.29) is 36.6 Å². The molecule has 2 aromatic rings. The number of carbonyl (C=O) groups is 2. The quantitative estimate of drug-likeness (QED) is 0.334. The van der Waals surface area contributed by atoms with Crippen molar-refractivity contribution in [3.63, 3.8) is 0 Å². The second-order valence-electron chi connectivity index (χ2n) is 11.5. The smallest absolute Gasteiger partial charge is 0.338 e. The second-order valence-corrected chi connectivity index (χ2v) is 12.4. The monoisotopic (exact) mass is 637 g/mol. The zero-order chi connectivity index (χ0) is 32.0. The molecule has 0 saturated carbocycles. The van der Waals surface area contributed by atoms with E-state index in [0.29, 0.717) is 16.4 Å². The van der Waals surface area contributed by atoms with Gasteiger partial charge in [0, 0.05) is 23.8 Å². The van der Waals surface area contributed by atoms with Gasteiger partial charge < -0.3 is 20.3 Å². The third kappa shape index (κ3) is 5.86. The molecule has 11 nitrogen and oxygen atoms in total. The molecule has 5 rings (SSSR count). The normalized spacial score (nSPS) is 24.5. The summed E-state index contributed by atoms with van der Waals surface area (Å²) in [7, 11) is 0. The number of amidine groups is 1. The van der Waals surface area contributed by atoms with E-state index in [9.17, 15) is 24.2 Å². The number of aliphatic hydroxyl groups is 1. The van der Waals surface area contributed by atoms with Crippen LogP contribution in [0.2, 0.25) is 0 Å². The second kappa shape index (κ2) is 12.2. The zero-order valence-corrected chi connectivity index (χ0v) is 25.4. The molecule has 238 valence electrons. The molecule has 0 spiro atoms. The Morgan fingerprint density at radius 2 is 2.09 bits per heavy atom. The van der Waals surface area contributed by atoms with Crippen LogP contribution in [0.5, 0.6) is 0 Å². The van der Waals surface area contributed by atoms with Crippen LogP contribution in [0.4, 0.5) is 13.2 Å². The molecule has 0 amide bonds. The summed E-state index contributed by atoms with van der Waals surface area (Å²) in [5, 5.41) is 26.4. The van der Waals surface area contributed by atoms with Crippen LogP contribution in [0.15, 0.2) is 46.0 Å². The van der Waals surface area contributed by atoms with Crippen molar-refractivity contribution in [3.05, 3.63) is 63.0 Å². The predicted octanol–water partition coefficient (Wildman–Crippen LogP) is 2.91. The summed E-state index contributed by atoms with van der Waals surface area (Å²) < 4.78 is 51.3. The minimum absolute atomic E-state index is 0.0395. The Bertz CT molecular complexity index is 1480. The maximum Gasteiger partial charge on any atom is 0.338 e. The summed E-state index contributed by atoms with van der Waals surface area (Å²) in [6.45, 7) is 4.41. The lowest BCUT2D eigenvalue weighted by Crippen LogP contribution is -2.51. The fourth-order valence-electron chi connectivity index (χ4n) is 5.66. The van der Waals surface area contributed by atoms with Crippen LogP contribution in [0.25, 0.3) is 0 Å². The van der Waals surface area contributed by atoms with Crippen LogP contribution in [0, 0.1) is 18.2 Å². The van der Waals surface area contributed by atoms with Gasteiger partial charge in [0.1, 0.15) is 17.9 Å². The standard InChI is InChI=1S/C29H34F3N5O6S/c1-5-42-26(39)21-18(34-24(25-33-9-10-44-25)35-22(21)16-7-6-8-17(30)15(16)2)11-36-14-29(31,32)23-19(36)13-43-37(23)12-20(38)28(3,4)27(40)41/h6-10,19-20,22-23,38H,5,11-14H2,1-4H3,(H,34,35)(H,40,41)/t19-,20-,22+,23+/m1/s1. The molecule has 2 fully saturated rings. The molecule has 1 aromatic heterocycles. The van der Waals surface area contributed by atoms with Crippen LogP contribution in [0.1, 0.15) is 42.9 Å². The van der Waals surface area contributed by atoms with E-state index >= 15 is 8.78 Å². The van der Waals surface area contributed by atoms with Gasteiger partial charge in [-0.15, -0.1) is 11.3 Å². The highest BCUT2D eigenvalue weighted by Gasteiger charge is 2.61. The molecule has 3 aliphatic heterocycles. The topological polar surface area (TPSA) is 137 Å².